The monoisotopic (exact) mass is 354 g/mol. The number of para-hydroxylation sites is 4. The molecular formula is C21H18N6. The second kappa shape index (κ2) is 5.07. The molecule has 0 unspecified atom stereocenters. The zero-order valence-electron chi connectivity index (χ0n) is 14.9. The Bertz CT molecular complexity index is 1360. The molecule has 0 bridgehead atoms. The minimum absolute atomic E-state index is 0.409. The Morgan fingerprint density at radius 1 is 0.889 bits per heavy atom. The van der Waals surface area contributed by atoms with Gasteiger partial charge in [-0.3, -0.25) is 0 Å². The van der Waals surface area contributed by atoms with Gasteiger partial charge in [0, 0.05) is 13.1 Å². The largest absolute Gasteiger partial charge is 0.384 e. The number of rotatable bonds is 2. The average molecular weight is 354 g/mol. The summed E-state index contributed by atoms with van der Waals surface area (Å²) >= 11 is 0. The summed E-state index contributed by atoms with van der Waals surface area (Å²) in [5.74, 6) is 1.55. The number of nitrogen functional groups attached to an aromatic ring is 1. The molecule has 0 amide bonds. The highest BCUT2D eigenvalue weighted by Gasteiger charge is 2.32. The molecular weight excluding hydrogens is 336 g/mol. The van der Waals surface area contributed by atoms with Crippen molar-refractivity contribution in [3.8, 4) is 11.4 Å². The fraction of sp³-hybridized carbons (Fsp3) is 0.190. The predicted octanol–water partition coefficient (Wildman–Crippen LogP) is 4.06. The standard InChI is InChI=1S/C21H18N6/c1-26-16-9-5-4-8-15(16)25-20(26)17-18-21(27(19(17)22)12-10-11-12)24-14-7-3-2-6-13(14)23-18/h2-9,12H,10-11,22H2,1H3. The average Bonchev–Trinajstić information content (AvgIpc) is 3.41. The van der Waals surface area contributed by atoms with E-state index < -0.39 is 0 Å². The fourth-order valence-electron chi connectivity index (χ4n) is 3.97. The van der Waals surface area contributed by atoms with Crippen LogP contribution in [-0.2, 0) is 7.05 Å². The number of imidazole rings is 1. The molecule has 6 rings (SSSR count). The van der Waals surface area contributed by atoms with Gasteiger partial charge in [-0.1, -0.05) is 24.3 Å². The Morgan fingerprint density at radius 2 is 1.56 bits per heavy atom. The van der Waals surface area contributed by atoms with E-state index in [-0.39, 0.29) is 0 Å². The van der Waals surface area contributed by atoms with Gasteiger partial charge in [-0.05, 0) is 37.1 Å². The van der Waals surface area contributed by atoms with Crippen LogP contribution in [0, 0.1) is 0 Å². The van der Waals surface area contributed by atoms with E-state index in [2.05, 4.69) is 15.2 Å². The van der Waals surface area contributed by atoms with Gasteiger partial charge in [-0.15, -0.1) is 0 Å². The van der Waals surface area contributed by atoms with Crippen LogP contribution in [0.2, 0.25) is 0 Å². The van der Waals surface area contributed by atoms with Crippen LogP contribution in [0.25, 0.3) is 44.6 Å². The van der Waals surface area contributed by atoms with Crippen molar-refractivity contribution in [1.29, 1.82) is 0 Å². The Hall–Kier alpha value is -3.41. The highest BCUT2D eigenvalue weighted by atomic mass is 15.2. The van der Waals surface area contributed by atoms with Gasteiger partial charge in [0.25, 0.3) is 0 Å². The van der Waals surface area contributed by atoms with Crippen LogP contribution >= 0.6 is 0 Å². The topological polar surface area (TPSA) is 74.5 Å². The molecule has 1 aliphatic rings. The summed E-state index contributed by atoms with van der Waals surface area (Å²) in [4.78, 5) is 14.7. The molecule has 0 aliphatic heterocycles. The summed E-state index contributed by atoms with van der Waals surface area (Å²) in [7, 11) is 2.03. The number of hydrogen-bond acceptors (Lipinski definition) is 4. The minimum Gasteiger partial charge on any atom is -0.384 e. The van der Waals surface area contributed by atoms with Crippen LogP contribution in [0.1, 0.15) is 18.9 Å². The van der Waals surface area contributed by atoms with Crippen molar-refractivity contribution in [2.45, 2.75) is 18.9 Å². The third-order valence-electron chi connectivity index (χ3n) is 5.46. The molecule has 1 aliphatic carbocycles. The number of aromatic nitrogens is 5. The van der Waals surface area contributed by atoms with Crippen molar-refractivity contribution < 1.29 is 0 Å². The molecule has 3 aromatic heterocycles. The third kappa shape index (κ3) is 1.98. The van der Waals surface area contributed by atoms with Gasteiger partial charge in [0.2, 0.25) is 0 Å². The van der Waals surface area contributed by atoms with Crippen LogP contribution in [0.5, 0.6) is 0 Å². The van der Waals surface area contributed by atoms with Gasteiger partial charge in [-0.25, -0.2) is 15.0 Å². The summed E-state index contributed by atoms with van der Waals surface area (Å²) < 4.78 is 4.25. The van der Waals surface area contributed by atoms with E-state index in [1.165, 1.54) is 0 Å². The Morgan fingerprint density at radius 3 is 2.26 bits per heavy atom. The molecule has 0 spiro atoms. The second-order valence-electron chi connectivity index (χ2n) is 7.23. The lowest BCUT2D eigenvalue weighted by Gasteiger charge is -2.05. The molecule has 27 heavy (non-hydrogen) atoms. The summed E-state index contributed by atoms with van der Waals surface area (Å²) in [6.07, 6.45) is 2.26. The van der Waals surface area contributed by atoms with Gasteiger partial charge in [-0.2, -0.15) is 0 Å². The van der Waals surface area contributed by atoms with Crippen LogP contribution < -0.4 is 5.73 Å². The molecule has 5 aromatic rings. The first-order valence-electron chi connectivity index (χ1n) is 9.20. The van der Waals surface area contributed by atoms with Crippen LogP contribution in [-0.4, -0.2) is 24.1 Å². The van der Waals surface area contributed by atoms with E-state index in [0.717, 1.165) is 57.5 Å². The lowest BCUT2D eigenvalue weighted by atomic mass is 10.2. The smallest absolute Gasteiger partial charge is 0.162 e. The summed E-state index contributed by atoms with van der Waals surface area (Å²) in [6, 6.07) is 16.5. The molecule has 2 N–H and O–H groups in total. The van der Waals surface area contributed by atoms with Crippen LogP contribution in [0.3, 0.4) is 0 Å². The van der Waals surface area contributed by atoms with Gasteiger partial charge in [0.05, 0.1) is 27.6 Å². The van der Waals surface area contributed by atoms with Crippen molar-refractivity contribution in [2.24, 2.45) is 7.05 Å². The normalized spacial score (nSPS) is 14.6. The lowest BCUT2D eigenvalue weighted by Crippen LogP contribution is -2.02. The third-order valence-corrected chi connectivity index (χ3v) is 5.46. The number of nitrogens with zero attached hydrogens (tertiary/aromatic N) is 5. The number of fused-ring (bicyclic) bond motifs is 3. The van der Waals surface area contributed by atoms with Crippen LogP contribution in [0.4, 0.5) is 5.82 Å². The molecule has 3 heterocycles. The lowest BCUT2D eigenvalue weighted by molar-refractivity contribution is 0.778. The first kappa shape index (κ1) is 14.7. The molecule has 0 radical (unpaired) electrons. The maximum Gasteiger partial charge on any atom is 0.162 e. The van der Waals surface area contributed by atoms with E-state index in [0.29, 0.717) is 11.9 Å². The number of nitrogens with two attached hydrogens (primary N) is 1. The van der Waals surface area contributed by atoms with E-state index in [1.807, 2.05) is 49.5 Å². The van der Waals surface area contributed by atoms with E-state index in [1.54, 1.807) is 0 Å². The van der Waals surface area contributed by atoms with Crippen molar-refractivity contribution in [3.05, 3.63) is 48.5 Å². The zero-order chi connectivity index (χ0) is 18.1. The number of hydrogen-bond donors (Lipinski definition) is 1. The van der Waals surface area contributed by atoms with Crippen molar-refractivity contribution in [2.75, 3.05) is 5.73 Å². The Balaban J connectivity index is 1.76. The van der Waals surface area contributed by atoms with E-state index >= 15 is 0 Å². The number of aryl methyl sites for hydroxylation is 1. The fourth-order valence-corrected chi connectivity index (χ4v) is 3.97. The van der Waals surface area contributed by atoms with Gasteiger partial charge in [0.1, 0.15) is 17.2 Å². The second-order valence-corrected chi connectivity index (χ2v) is 7.23. The molecule has 6 heteroatoms. The van der Waals surface area contributed by atoms with E-state index in [9.17, 15) is 0 Å². The summed E-state index contributed by atoms with van der Waals surface area (Å²) in [5, 5.41) is 0. The Kier molecular flexibility index (Phi) is 2.76. The van der Waals surface area contributed by atoms with Crippen molar-refractivity contribution in [3.63, 3.8) is 0 Å². The summed E-state index contributed by atoms with van der Waals surface area (Å²) in [5.41, 5.74) is 13.0. The highest BCUT2D eigenvalue weighted by Crippen LogP contribution is 2.45. The molecule has 1 saturated carbocycles. The quantitative estimate of drug-likeness (QED) is 0.519. The van der Waals surface area contributed by atoms with Gasteiger partial charge in [0.15, 0.2) is 5.65 Å². The number of benzene rings is 2. The maximum atomic E-state index is 6.67. The van der Waals surface area contributed by atoms with Gasteiger partial charge >= 0.3 is 0 Å². The zero-order valence-corrected chi connectivity index (χ0v) is 14.9. The summed E-state index contributed by atoms with van der Waals surface area (Å²) in [6.45, 7) is 0. The first-order valence-corrected chi connectivity index (χ1v) is 9.20. The maximum absolute atomic E-state index is 6.67. The number of anilines is 1. The Labute approximate surface area is 155 Å². The van der Waals surface area contributed by atoms with Crippen LogP contribution in [0.15, 0.2) is 48.5 Å². The van der Waals surface area contributed by atoms with Gasteiger partial charge < -0.3 is 14.9 Å². The molecule has 2 aromatic carbocycles. The molecule has 0 atom stereocenters. The first-order chi connectivity index (χ1) is 13.2. The van der Waals surface area contributed by atoms with Crippen molar-refractivity contribution >= 4 is 39.0 Å². The SMILES string of the molecule is Cn1c(-c2c(N)n(C3CC3)c3nc4ccccc4nc23)nc2ccccc21. The molecule has 132 valence electrons. The minimum atomic E-state index is 0.409. The van der Waals surface area contributed by atoms with Crippen molar-refractivity contribution in [1.82, 2.24) is 24.1 Å². The predicted molar refractivity (Wildman–Crippen MR) is 107 cm³/mol. The molecule has 6 nitrogen and oxygen atoms in total. The highest BCUT2D eigenvalue weighted by molar-refractivity contribution is 6.01. The van der Waals surface area contributed by atoms with E-state index in [4.69, 9.17) is 20.7 Å². The molecule has 1 fully saturated rings. The molecule has 0 saturated heterocycles.